The molecule has 112 valence electrons. The molecule has 1 aromatic carbocycles. The first-order chi connectivity index (χ1) is 9.86. The van der Waals surface area contributed by atoms with Gasteiger partial charge in [-0.1, -0.05) is 37.0 Å². The van der Waals surface area contributed by atoms with E-state index in [0.29, 0.717) is 22.0 Å². The third kappa shape index (κ3) is 2.84. The van der Waals surface area contributed by atoms with Gasteiger partial charge in [0.25, 0.3) is 5.56 Å². The largest absolute Gasteiger partial charge is 0.495 e. The minimum atomic E-state index is -0.615. The Morgan fingerprint density at radius 2 is 1.90 bits per heavy atom. The second-order valence-corrected chi connectivity index (χ2v) is 5.56. The van der Waals surface area contributed by atoms with Gasteiger partial charge >= 0.3 is 5.69 Å². The number of H-pyrrole nitrogens is 1. The summed E-state index contributed by atoms with van der Waals surface area (Å²) in [7, 11) is 1.49. The lowest BCUT2D eigenvalue weighted by Gasteiger charge is -2.12. The number of hydrogen-bond donors (Lipinski definition) is 1. The Bertz CT molecular complexity index is 794. The molecule has 5 nitrogen and oxygen atoms in total. The van der Waals surface area contributed by atoms with E-state index in [4.69, 9.17) is 27.9 Å². The average molecular weight is 329 g/mol. The van der Waals surface area contributed by atoms with Crippen LogP contribution in [0.15, 0.2) is 27.8 Å². The van der Waals surface area contributed by atoms with E-state index in [1.807, 2.05) is 13.8 Å². The summed E-state index contributed by atoms with van der Waals surface area (Å²) in [4.78, 5) is 27.0. The summed E-state index contributed by atoms with van der Waals surface area (Å²) in [6, 6.07) is 4.67. The zero-order chi connectivity index (χ0) is 15.7. The monoisotopic (exact) mass is 328 g/mol. The van der Waals surface area contributed by atoms with Crippen LogP contribution in [0.4, 0.5) is 0 Å². The zero-order valence-electron chi connectivity index (χ0n) is 11.7. The van der Waals surface area contributed by atoms with Crippen LogP contribution in [0, 0.1) is 0 Å². The number of nitrogens with zero attached hydrogens (tertiary/aromatic N) is 1. The molecule has 0 radical (unpaired) electrons. The molecule has 0 spiro atoms. The summed E-state index contributed by atoms with van der Waals surface area (Å²) in [6.45, 7) is 3.65. The van der Waals surface area contributed by atoms with Crippen LogP contribution in [-0.2, 0) is 0 Å². The Hall–Kier alpha value is -1.72. The Morgan fingerprint density at radius 1 is 1.24 bits per heavy atom. The highest BCUT2D eigenvalue weighted by Gasteiger charge is 2.17. The van der Waals surface area contributed by atoms with Crippen molar-refractivity contribution in [3.05, 3.63) is 54.8 Å². The van der Waals surface area contributed by atoms with Crippen LogP contribution in [-0.4, -0.2) is 16.7 Å². The van der Waals surface area contributed by atoms with Crippen molar-refractivity contribution in [1.82, 2.24) is 9.55 Å². The molecule has 0 amide bonds. The van der Waals surface area contributed by atoms with Crippen molar-refractivity contribution in [2.24, 2.45) is 0 Å². The smallest absolute Gasteiger partial charge is 0.334 e. The lowest BCUT2D eigenvalue weighted by Crippen LogP contribution is -2.36. The van der Waals surface area contributed by atoms with Gasteiger partial charge in [0.1, 0.15) is 10.9 Å². The van der Waals surface area contributed by atoms with Crippen molar-refractivity contribution in [2.75, 3.05) is 7.11 Å². The van der Waals surface area contributed by atoms with Gasteiger partial charge in [-0.3, -0.25) is 9.78 Å². The molecule has 0 saturated carbocycles. The van der Waals surface area contributed by atoms with Crippen molar-refractivity contribution in [3.8, 4) is 11.4 Å². The molecule has 0 saturated heterocycles. The molecule has 0 unspecified atom stereocenters. The van der Waals surface area contributed by atoms with E-state index in [2.05, 4.69) is 4.98 Å². The standard InChI is InChI=1S/C14H14Cl2N2O3/c1-7(2)11-12(16)17-14(20)18(13(11)19)8-4-5-10(21-3)9(15)6-8/h4-7H,1-3H3,(H,17,20). The van der Waals surface area contributed by atoms with Gasteiger partial charge in [-0.25, -0.2) is 9.36 Å². The summed E-state index contributed by atoms with van der Waals surface area (Å²) in [6.07, 6.45) is 0. The zero-order valence-corrected chi connectivity index (χ0v) is 13.2. The Kier molecular flexibility index (Phi) is 4.44. The quantitative estimate of drug-likeness (QED) is 0.881. The fraction of sp³-hybridized carbons (Fsp3) is 0.286. The number of halogens is 2. The van der Waals surface area contributed by atoms with Crippen LogP contribution in [0.1, 0.15) is 25.3 Å². The van der Waals surface area contributed by atoms with Crippen molar-refractivity contribution in [3.63, 3.8) is 0 Å². The SMILES string of the molecule is COc1ccc(-n2c(=O)[nH]c(Cl)c(C(C)C)c2=O)cc1Cl. The van der Waals surface area contributed by atoms with Crippen LogP contribution < -0.4 is 16.0 Å². The topological polar surface area (TPSA) is 64.1 Å². The fourth-order valence-electron chi connectivity index (χ4n) is 2.05. The van der Waals surface area contributed by atoms with Crippen LogP contribution in [0.2, 0.25) is 10.2 Å². The molecule has 0 aliphatic rings. The van der Waals surface area contributed by atoms with E-state index in [9.17, 15) is 9.59 Å². The highest BCUT2D eigenvalue weighted by molar-refractivity contribution is 6.32. The number of aromatic nitrogens is 2. The molecule has 21 heavy (non-hydrogen) atoms. The highest BCUT2D eigenvalue weighted by Crippen LogP contribution is 2.26. The molecule has 1 N–H and O–H groups in total. The van der Waals surface area contributed by atoms with Crippen molar-refractivity contribution in [1.29, 1.82) is 0 Å². The van der Waals surface area contributed by atoms with E-state index in [-0.39, 0.29) is 11.1 Å². The Labute approximate surface area is 131 Å². The first-order valence-corrected chi connectivity index (χ1v) is 7.01. The van der Waals surface area contributed by atoms with Gasteiger partial charge in [-0.2, -0.15) is 0 Å². The molecular formula is C14H14Cl2N2O3. The molecular weight excluding hydrogens is 315 g/mol. The predicted octanol–water partition coefficient (Wildman–Crippen LogP) is 2.96. The van der Waals surface area contributed by atoms with Gasteiger partial charge in [0, 0.05) is 0 Å². The molecule has 1 heterocycles. The second-order valence-electron chi connectivity index (χ2n) is 4.77. The van der Waals surface area contributed by atoms with Crippen molar-refractivity contribution in [2.45, 2.75) is 19.8 Å². The molecule has 2 aromatic rings. The minimum Gasteiger partial charge on any atom is -0.495 e. The lowest BCUT2D eigenvalue weighted by molar-refractivity contribution is 0.415. The summed E-state index contributed by atoms with van der Waals surface area (Å²) in [5.74, 6) is 0.338. The number of methoxy groups -OCH3 is 1. The molecule has 0 aliphatic carbocycles. The first-order valence-electron chi connectivity index (χ1n) is 6.25. The van der Waals surface area contributed by atoms with Crippen molar-refractivity contribution < 1.29 is 4.74 Å². The highest BCUT2D eigenvalue weighted by atomic mass is 35.5. The van der Waals surface area contributed by atoms with E-state index in [1.54, 1.807) is 12.1 Å². The Morgan fingerprint density at radius 3 is 2.43 bits per heavy atom. The van der Waals surface area contributed by atoms with E-state index in [1.165, 1.54) is 13.2 Å². The number of rotatable bonds is 3. The van der Waals surface area contributed by atoms with Gasteiger partial charge in [-0.15, -0.1) is 0 Å². The van der Waals surface area contributed by atoms with Crippen LogP contribution in [0.25, 0.3) is 5.69 Å². The number of hydrogen-bond acceptors (Lipinski definition) is 3. The molecule has 2 rings (SSSR count). The third-order valence-electron chi connectivity index (χ3n) is 3.06. The van der Waals surface area contributed by atoms with Gasteiger partial charge in [0.2, 0.25) is 0 Å². The molecule has 0 aliphatic heterocycles. The number of benzene rings is 1. The van der Waals surface area contributed by atoms with E-state index >= 15 is 0 Å². The predicted molar refractivity (Wildman–Crippen MR) is 83.3 cm³/mol. The van der Waals surface area contributed by atoms with Crippen LogP contribution in [0.5, 0.6) is 5.75 Å². The average Bonchev–Trinajstić information content (AvgIpc) is 2.37. The first kappa shape index (κ1) is 15.7. The molecule has 0 fully saturated rings. The van der Waals surface area contributed by atoms with E-state index in [0.717, 1.165) is 4.57 Å². The molecule has 7 heteroatoms. The van der Waals surface area contributed by atoms with Gasteiger partial charge in [0.05, 0.1) is 23.4 Å². The lowest BCUT2D eigenvalue weighted by atomic mass is 10.1. The van der Waals surface area contributed by atoms with Crippen LogP contribution >= 0.6 is 23.2 Å². The maximum absolute atomic E-state index is 12.5. The van der Waals surface area contributed by atoms with Crippen LogP contribution in [0.3, 0.4) is 0 Å². The fourth-order valence-corrected chi connectivity index (χ4v) is 2.68. The summed E-state index contributed by atoms with van der Waals surface area (Å²) >= 11 is 12.0. The number of ether oxygens (including phenoxy) is 1. The minimum absolute atomic E-state index is 0.0656. The summed E-state index contributed by atoms with van der Waals surface area (Å²) < 4.78 is 6.06. The normalized spacial score (nSPS) is 11.0. The maximum Gasteiger partial charge on any atom is 0.334 e. The summed E-state index contributed by atoms with van der Waals surface area (Å²) in [5.41, 5.74) is -0.371. The second kappa shape index (κ2) is 5.95. The van der Waals surface area contributed by atoms with Gasteiger partial charge < -0.3 is 4.74 Å². The number of aromatic amines is 1. The van der Waals surface area contributed by atoms with Gasteiger partial charge in [-0.05, 0) is 24.1 Å². The molecule has 0 bridgehead atoms. The summed E-state index contributed by atoms with van der Waals surface area (Å²) in [5, 5.41) is 0.373. The third-order valence-corrected chi connectivity index (χ3v) is 3.65. The van der Waals surface area contributed by atoms with Gasteiger partial charge in [0.15, 0.2) is 0 Å². The van der Waals surface area contributed by atoms with E-state index < -0.39 is 11.2 Å². The molecule has 0 atom stereocenters. The Balaban J connectivity index is 2.76. The number of nitrogens with one attached hydrogen (secondary N) is 1. The maximum atomic E-state index is 12.5. The molecule has 1 aromatic heterocycles. The van der Waals surface area contributed by atoms with Crippen molar-refractivity contribution >= 4 is 23.2 Å².